The Labute approximate surface area is 285 Å². The summed E-state index contributed by atoms with van der Waals surface area (Å²) in [6, 6.07) is 32.2. The van der Waals surface area contributed by atoms with Gasteiger partial charge in [-0.3, -0.25) is 14.1 Å². The summed E-state index contributed by atoms with van der Waals surface area (Å²) >= 11 is 0. The average Bonchev–Trinajstić information content (AvgIpc) is 3.40. The average molecular weight is 635 g/mol. The van der Waals surface area contributed by atoms with Gasteiger partial charge in [0, 0.05) is 22.3 Å². The van der Waals surface area contributed by atoms with Gasteiger partial charge in [-0.15, -0.1) is 0 Å². The van der Waals surface area contributed by atoms with Gasteiger partial charge in [-0.2, -0.15) is 8.42 Å². The third-order valence-corrected chi connectivity index (χ3v) is 7.98. The summed E-state index contributed by atoms with van der Waals surface area (Å²) in [7, 11) is -4.43. The Kier molecular flexibility index (Phi) is 10.7. The van der Waals surface area contributed by atoms with E-state index in [1.807, 2.05) is 78.9 Å². The summed E-state index contributed by atoms with van der Waals surface area (Å²) in [6.07, 6.45) is 0.386. The Balaban J connectivity index is 0.00000461. The molecule has 1 atom stereocenters. The van der Waals surface area contributed by atoms with Crippen LogP contribution in [0.4, 0.5) is 11.4 Å². The topological polar surface area (TPSA) is 126 Å². The number of fused-ring (bicyclic) bond motifs is 1. The van der Waals surface area contributed by atoms with E-state index in [2.05, 4.69) is 31.4 Å². The van der Waals surface area contributed by atoms with Crippen LogP contribution in [0, 0.1) is 0 Å². The predicted molar refractivity (Wildman–Crippen MR) is 181 cm³/mol. The van der Waals surface area contributed by atoms with Gasteiger partial charge in [-0.05, 0) is 77.1 Å². The van der Waals surface area contributed by atoms with Crippen molar-refractivity contribution in [3.05, 3.63) is 120 Å². The van der Waals surface area contributed by atoms with Crippen LogP contribution in [0.5, 0.6) is 0 Å². The van der Waals surface area contributed by atoms with E-state index in [0.29, 0.717) is 17.8 Å². The Morgan fingerprint density at radius 1 is 0.822 bits per heavy atom. The maximum atomic E-state index is 13.7. The fraction of sp³-hybridized carbons (Fsp3) is 0.200. The molecule has 0 fully saturated rings. The zero-order valence-electron chi connectivity index (χ0n) is 24.7. The molecule has 2 amide bonds. The molecule has 0 radical (unpaired) electrons. The molecule has 1 heterocycles. The van der Waals surface area contributed by atoms with Crippen molar-refractivity contribution in [2.75, 3.05) is 16.4 Å². The second-order valence-electron chi connectivity index (χ2n) is 11.8. The van der Waals surface area contributed by atoms with E-state index in [4.69, 9.17) is 8.97 Å². The quantitative estimate of drug-likeness (QED) is 0.125. The summed E-state index contributed by atoms with van der Waals surface area (Å²) in [6.45, 7) is 6.41. The molecule has 45 heavy (non-hydrogen) atoms. The van der Waals surface area contributed by atoms with Crippen molar-refractivity contribution in [1.29, 1.82) is 0 Å². The van der Waals surface area contributed by atoms with Crippen molar-refractivity contribution >= 4 is 73.8 Å². The minimum absolute atomic E-state index is 0. The molecule has 3 N–H and O–H groups in total. The molecule has 5 rings (SSSR count). The van der Waals surface area contributed by atoms with Crippen LogP contribution >= 0.6 is 0 Å². The van der Waals surface area contributed by atoms with Gasteiger partial charge in [0.15, 0.2) is 5.75 Å². The number of rotatable bonds is 9. The SMILES string of the molecule is CC(C)(C)c1ccc(C(Cc2ccc(NC(=O)CS(=O)(=O)O)cc2)C(=O)Nc2ccc(-c3cc4ccccc4o3)cc2)cc1.[NaH]. The summed E-state index contributed by atoms with van der Waals surface area (Å²) < 4.78 is 36.8. The summed E-state index contributed by atoms with van der Waals surface area (Å²) in [5, 5.41) is 6.53. The molecular formula is C35H35N2NaO6S. The van der Waals surface area contributed by atoms with Crippen LogP contribution in [0.25, 0.3) is 22.3 Å². The van der Waals surface area contributed by atoms with Crippen molar-refractivity contribution < 1.29 is 27.0 Å². The second kappa shape index (κ2) is 14.1. The van der Waals surface area contributed by atoms with Crippen molar-refractivity contribution in [1.82, 2.24) is 0 Å². The number of carbonyl (C=O) groups excluding carboxylic acids is 2. The van der Waals surface area contributed by atoms with Crippen LogP contribution in [0.2, 0.25) is 0 Å². The Bertz CT molecular complexity index is 1860. The first-order chi connectivity index (χ1) is 20.8. The van der Waals surface area contributed by atoms with Gasteiger partial charge in [-0.1, -0.05) is 75.4 Å². The van der Waals surface area contributed by atoms with E-state index in [0.717, 1.165) is 39.0 Å². The molecular weight excluding hydrogens is 599 g/mol. The van der Waals surface area contributed by atoms with E-state index in [1.54, 1.807) is 24.3 Å². The molecule has 0 spiro atoms. The molecule has 0 saturated heterocycles. The van der Waals surface area contributed by atoms with Crippen LogP contribution in [0.15, 0.2) is 108 Å². The van der Waals surface area contributed by atoms with Crippen molar-refractivity contribution in [3.8, 4) is 11.3 Å². The fourth-order valence-electron chi connectivity index (χ4n) is 4.97. The van der Waals surface area contributed by atoms with E-state index in [1.165, 1.54) is 0 Å². The molecule has 1 unspecified atom stereocenters. The number of amides is 2. The van der Waals surface area contributed by atoms with Gasteiger partial charge in [0.2, 0.25) is 11.8 Å². The zero-order valence-corrected chi connectivity index (χ0v) is 25.5. The van der Waals surface area contributed by atoms with Crippen LogP contribution < -0.4 is 10.6 Å². The first-order valence-corrected chi connectivity index (χ1v) is 15.8. The van der Waals surface area contributed by atoms with Gasteiger partial charge in [0.1, 0.15) is 11.3 Å². The van der Waals surface area contributed by atoms with Gasteiger partial charge in [0.05, 0.1) is 5.92 Å². The molecule has 4 aromatic carbocycles. The molecule has 228 valence electrons. The second-order valence-corrected chi connectivity index (χ2v) is 13.3. The van der Waals surface area contributed by atoms with Crippen LogP contribution in [0.1, 0.15) is 43.4 Å². The first-order valence-electron chi connectivity index (χ1n) is 14.2. The molecule has 0 aliphatic carbocycles. The normalized spacial score (nSPS) is 12.3. The molecule has 8 nitrogen and oxygen atoms in total. The zero-order chi connectivity index (χ0) is 31.5. The Morgan fingerprint density at radius 2 is 1.42 bits per heavy atom. The van der Waals surface area contributed by atoms with E-state index in [9.17, 15) is 18.0 Å². The first kappa shape index (κ1) is 34.1. The van der Waals surface area contributed by atoms with Crippen molar-refractivity contribution in [2.24, 2.45) is 0 Å². The van der Waals surface area contributed by atoms with E-state index >= 15 is 0 Å². The van der Waals surface area contributed by atoms with Crippen LogP contribution in [0.3, 0.4) is 0 Å². The number of hydrogen-bond donors (Lipinski definition) is 3. The number of carbonyl (C=O) groups is 2. The molecule has 0 bridgehead atoms. The maximum absolute atomic E-state index is 13.7. The van der Waals surface area contributed by atoms with E-state index < -0.39 is 27.7 Å². The number of anilines is 2. The van der Waals surface area contributed by atoms with Crippen molar-refractivity contribution in [3.63, 3.8) is 0 Å². The summed E-state index contributed by atoms with van der Waals surface area (Å²) in [5.41, 5.74) is 5.58. The number of nitrogens with one attached hydrogen (secondary N) is 2. The standard InChI is InChI=1S/C35H34N2O6S.Na.H/c1-35(2,3)27-14-10-24(11-15-27)30(20-23-8-16-28(17-9-23)36-33(38)22-44(40,41)42)34(39)37-29-18-12-25(13-19-29)32-21-26-6-4-5-7-31(26)43-32;;/h4-19,21,30H,20,22H2,1-3H3,(H,36,38)(H,37,39)(H,40,41,42);;. The summed E-state index contributed by atoms with van der Waals surface area (Å²) in [5.74, 6) is -1.81. The van der Waals surface area contributed by atoms with Gasteiger partial charge in [0.25, 0.3) is 10.1 Å². The molecule has 0 saturated carbocycles. The van der Waals surface area contributed by atoms with Gasteiger partial charge < -0.3 is 15.1 Å². The molecule has 5 aromatic rings. The van der Waals surface area contributed by atoms with Gasteiger partial charge in [-0.25, -0.2) is 0 Å². The Morgan fingerprint density at radius 3 is 2.02 bits per heavy atom. The number of furan rings is 1. The summed E-state index contributed by atoms with van der Waals surface area (Å²) in [4.78, 5) is 25.6. The van der Waals surface area contributed by atoms with Crippen molar-refractivity contribution in [2.45, 2.75) is 38.5 Å². The minimum atomic E-state index is -4.43. The number of benzene rings is 4. The predicted octanol–water partition coefficient (Wildman–Crippen LogP) is 6.54. The third kappa shape index (κ3) is 9.15. The third-order valence-electron chi connectivity index (χ3n) is 7.35. The Hall–Kier alpha value is -3.73. The molecule has 1 aromatic heterocycles. The van der Waals surface area contributed by atoms with Crippen LogP contribution in [-0.2, 0) is 31.5 Å². The van der Waals surface area contributed by atoms with Gasteiger partial charge >= 0.3 is 29.6 Å². The van der Waals surface area contributed by atoms with Crippen LogP contribution in [-0.4, -0.2) is 60.1 Å². The molecule has 10 heteroatoms. The fourth-order valence-corrected chi connectivity index (χ4v) is 5.37. The monoisotopic (exact) mass is 634 g/mol. The number of para-hydroxylation sites is 1. The number of hydrogen-bond acceptors (Lipinski definition) is 5. The molecule has 0 aliphatic heterocycles. The molecule has 0 aliphatic rings. The van der Waals surface area contributed by atoms with E-state index in [-0.39, 0.29) is 40.9 Å².